The third-order valence-electron chi connectivity index (χ3n) is 7.86. The Kier molecular flexibility index (Phi) is 4.81. The molecule has 0 aliphatic rings. The van der Waals surface area contributed by atoms with Gasteiger partial charge in [0, 0.05) is 16.8 Å². The molecule has 184 valence electrons. The van der Waals surface area contributed by atoms with Gasteiger partial charge in [0.05, 0.1) is 27.3 Å². The smallest absolute Gasteiger partial charge is 0.224 e. The number of pyridine rings is 2. The van der Waals surface area contributed by atoms with Crippen molar-refractivity contribution in [2.75, 3.05) is 0 Å². The molecule has 0 amide bonds. The molecule has 0 spiro atoms. The highest BCUT2D eigenvalue weighted by Gasteiger charge is 2.26. The molecule has 3 aromatic carbocycles. The van der Waals surface area contributed by atoms with Crippen molar-refractivity contribution >= 4 is 49.0 Å². The highest BCUT2D eigenvalue weighted by Crippen LogP contribution is 2.42. The second-order valence-electron chi connectivity index (χ2n) is 13.6. The van der Waals surface area contributed by atoms with E-state index in [-0.39, 0.29) is 10.8 Å². The van der Waals surface area contributed by atoms with Gasteiger partial charge in [-0.2, -0.15) is 0 Å². The van der Waals surface area contributed by atoms with Crippen LogP contribution in [0.15, 0.2) is 48.7 Å². The molecule has 3 aromatic heterocycles. The van der Waals surface area contributed by atoms with E-state index in [9.17, 15) is 0 Å². The molecule has 0 atom stereocenters. The minimum atomic E-state index is 0.235. The van der Waals surface area contributed by atoms with Gasteiger partial charge in [0.1, 0.15) is 7.05 Å². The SMILES string of the molecule is Cc1cc2c3cc(CC(C)(C)C)ccc3n3c4cc(CC(C)(C)C)cc5cc[n+](C)c(c(c1C)c23)c54. The normalized spacial score (nSPS) is 13.4. The van der Waals surface area contributed by atoms with Gasteiger partial charge in [0.15, 0.2) is 6.20 Å². The van der Waals surface area contributed by atoms with Gasteiger partial charge in [0.2, 0.25) is 5.52 Å². The Bertz CT molecular complexity index is 1820. The van der Waals surface area contributed by atoms with Gasteiger partial charge in [0.25, 0.3) is 0 Å². The van der Waals surface area contributed by atoms with Crippen molar-refractivity contribution in [2.24, 2.45) is 17.9 Å². The summed E-state index contributed by atoms with van der Waals surface area (Å²) in [6.07, 6.45) is 4.38. The summed E-state index contributed by atoms with van der Waals surface area (Å²) in [5.41, 5.74) is 11.4. The summed E-state index contributed by atoms with van der Waals surface area (Å²) >= 11 is 0. The zero-order chi connectivity index (χ0) is 25.7. The summed E-state index contributed by atoms with van der Waals surface area (Å²) in [4.78, 5) is 0. The zero-order valence-electron chi connectivity index (χ0n) is 23.4. The number of nitrogens with zero attached hydrogens (tertiary/aromatic N) is 2. The number of benzene rings is 3. The maximum Gasteiger partial charge on any atom is 0.224 e. The molecule has 36 heavy (non-hydrogen) atoms. The molecule has 0 N–H and O–H groups in total. The van der Waals surface area contributed by atoms with Crippen LogP contribution in [0.2, 0.25) is 0 Å². The van der Waals surface area contributed by atoms with Crippen molar-refractivity contribution in [3.05, 3.63) is 70.9 Å². The molecule has 0 saturated carbocycles. The molecule has 0 bridgehead atoms. The van der Waals surface area contributed by atoms with E-state index in [2.05, 4.69) is 120 Å². The minimum Gasteiger partial charge on any atom is -0.307 e. The Hall–Kier alpha value is -3.13. The van der Waals surface area contributed by atoms with Crippen LogP contribution >= 0.6 is 0 Å². The molecule has 6 rings (SSSR count). The molecule has 0 aliphatic heterocycles. The van der Waals surface area contributed by atoms with E-state index < -0.39 is 0 Å². The van der Waals surface area contributed by atoms with Gasteiger partial charge in [-0.15, -0.1) is 0 Å². The number of rotatable bonds is 2. The monoisotopic (exact) mass is 475 g/mol. The minimum absolute atomic E-state index is 0.235. The van der Waals surface area contributed by atoms with Crippen LogP contribution in [0, 0.1) is 24.7 Å². The van der Waals surface area contributed by atoms with E-state index in [0.717, 1.165) is 12.8 Å². The first-order valence-electron chi connectivity index (χ1n) is 13.4. The second kappa shape index (κ2) is 7.44. The van der Waals surface area contributed by atoms with E-state index in [0.29, 0.717) is 0 Å². The van der Waals surface area contributed by atoms with E-state index in [1.807, 2.05) is 0 Å². The number of hydrogen-bond acceptors (Lipinski definition) is 0. The van der Waals surface area contributed by atoms with Crippen LogP contribution in [-0.4, -0.2) is 4.40 Å². The number of fused-ring (bicyclic) bond motifs is 5. The van der Waals surface area contributed by atoms with Gasteiger partial charge in [-0.25, -0.2) is 4.57 Å². The summed E-state index contributed by atoms with van der Waals surface area (Å²) in [5.74, 6) is 0. The first-order chi connectivity index (χ1) is 16.8. The van der Waals surface area contributed by atoms with Gasteiger partial charge < -0.3 is 4.40 Å². The van der Waals surface area contributed by atoms with Crippen molar-refractivity contribution in [3.63, 3.8) is 0 Å². The number of aryl methyl sites for hydroxylation is 3. The Morgan fingerprint density at radius 2 is 1.42 bits per heavy atom. The molecule has 0 fully saturated rings. The van der Waals surface area contributed by atoms with Crippen molar-refractivity contribution in [3.8, 4) is 0 Å². The van der Waals surface area contributed by atoms with Crippen LogP contribution in [0.1, 0.15) is 63.8 Å². The molecule has 0 radical (unpaired) electrons. The maximum atomic E-state index is 2.58. The fourth-order valence-corrected chi connectivity index (χ4v) is 6.45. The highest BCUT2D eigenvalue weighted by molar-refractivity contribution is 6.26. The Labute approximate surface area is 214 Å². The number of hydrogen-bond donors (Lipinski definition) is 0. The molecule has 2 heteroatoms. The molecule has 0 saturated heterocycles. The molecular formula is C34H39N2+. The molecule has 0 aliphatic carbocycles. The van der Waals surface area contributed by atoms with Crippen molar-refractivity contribution < 1.29 is 4.57 Å². The second-order valence-corrected chi connectivity index (χ2v) is 13.6. The van der Waals surface area contributed by atoms with Gasteiger partial charge in [-0.1, -0.05) is 53.7 Å². The van der Waals surface area contributed by atoms with Gasteiger partial charge in [-0.05, 0) is 89.4 Å². The lowest BCUT2D eigenvalue weighted by molar-refractivity contribution is -0.643. The Morgan fingerprint density at radius 3 is 2.11 bits per heavy atom. The summed E-state index contributed by atoms with van der Waals surface area (Å²) < 4.78 is 4.91. The molecule has 3 heterocycles. The van der Waals surface area contributed by atoms with Crippen LogP contribution in [0.4, 0.5) is 0 Å². The molecular weight excluding hydrogens is 436 g/mol. The van der Waals surface area contributed by atoms with Crippen molar-refractivity contribution in [2.45, 2.75) is 68.2 Å². The van der Waals surface area contributed by atoms with Crippen molar-refractivity contribution in [1.82, 2.24) is 4.40 Å². The quantitative estimate of drug-likeness (QED) is 0.135. The summed E-state index contributed by atoms with van der Waals surface area (Å²) in [5, 5.41) is 6.86. The first kappa shape index (κ1) is 23.3. The van der Waals surface area contributed by atoms with Crippen LogP contribution in [-0.2, 0) is 19.9 Å². The van der Waals surface area contributed by atoms with Crippen LogP contribution in [0.25, 0.3) is 49.0 Å². The fraction of sp³-hybridized carbons (Fsp3) is 0.382. The van der Waals surface area contributed by atoms with E-state index in [1.54, 1.807) is 0 Å². The molecule has 2 nitrogen and oxygen atoms in total. The van der Waals surface area contributed by atoms with E-state index in [4.69, 9.17) is 0 Å². The predicted octanol–water partition coefficient (Wildman–Crippen LogP) is 8.61. The van der Waals surface area contributed by atoms with E-state index >= 15 is 0 Å². The maximum absolute atomic E-state index is 2.58. The lowest BCUT2D eigenvalue weighted by Gasteiger charge is -2.20. The lowest BCUT2D eigenvalue weighted by Crippen LogP contribution is -2.29. The van der Waals surface area contributed by atoms with Gasteiger partial charge in [-0.3, -0.25) is 0 Å². The number of aromatic nitrogens is 2. The van der Waals surface area contributed by atoms with Crippen LogP contribution < -0.4 is 4.57 Å². The fourth-order valence-electron chi connectivity index (χ4n) is 6.45. The third-order valence-corrected chi connectivity index (χ3v) is 7.86. The zero-order valence-corrected chi connectivity index (χ0v) is 23.4. The van der Waals surface area contributed by atoms with Crippen molar-refractivity contribution in [1.29, 1.82) is 0 Å². The highest BCUT2D eigenvalue weighted by atomic mass is 15.0. The average Bonchev–Trinajstić information content (AvgIpc) is 3.06. The first-order valence-corrected chi connectivity index (χ1v) is 13.4. The summed E-state index contributed by atoms with van der Waals surface area (Å²) in [6, 6.07) is 16.8. The molecule has 6 aromatic rings. The van der Waals surface area contributed by atoms with Crippen LogP contribution in [0.5, 0.6) is 0 Å². The topological polar surface area (TPSA) is 8.29 Å². The van der Waals surface area contributed by atoms with E-state index in [1.165, 1.54) is 71.3 Å². The Balaban J connectivity index is 1.87. The average molecular weight is 476 g/mol. The largest absolute Gasteiger partial charge is 0.307 e. The Morgan fingerprint density at radius 1 is 0.722 bits per heavy atom. The summed E-state index contributed by atoms with van der Waals surface area (Å²) in [6.45, 7) is 18.6. The third kappa shape index (κ3) is 3.49. The van der Waals surface area contributed by atoms with Crippen LogP contribution in [0.3, 0.4) is 0 Å². The predicted molar refractivity (Wildman–Crippen MR) is 156 cm³/mol. The summed E-state index contributed by atoms with van der Waals surface area (Å²) in [7, 11) is 2.20. The standard InChI is InChI=1S/C34H39N2/c1-20-14-26-25-16-22(18-33(3,4)5)10-11-27(25)36-28-17-23(19-34(6,7)8)15-24-12-13-35(9)32(30(24)28)29(21(20)2)31(26)36/h10-17H,18-19H2,1-9H3/q+1. The lowest BCUT2D eigenvalue weighted by atomic mass is 9.87. The van der Waals surface area contributed by atoms with Gasteiger partial charge >= 0.3 is 0 Å². The molecule has 0 unspecified atom stereocenters.